The summed E-state index contributed by atoms with van der Waals surface area (Å²) in [4.78, 5) is 0. The van der Waals surface area contributed by atoms with Crippen LogP contribution in [0.3, 0.4) is 0 Å². The highest BCUT2D eigenvalue weighted by atomic mass is 79.9. The maximum atomic E-state index is 6.18. The quantitative estimate of drug-likeness (QED) is 0.596. The van der Waals surface area contributed by atoms with E-state index in [1.54, 1.807) is 7.11 Å². The Morgan fingerprint density at radius 2 is 1.88 bits per heavy atom. The van der Waals surface area contributed by atoms with Gasteiger partial charge in [-0.1, -0.05) is 41.9 Å². The lowest BCUT2D eigenvalue weighted by atomic mass is 10.0. The first kappa shape index (κ1) is 19.7. The van der Waals surface area contributed by atoms with Crippen LogP contribution in [-0.2, 0) is 24.2 Å². The van der Waals surface area contributed by atoms with Gasteiger partial charge in [0.15, 0.2) is 0 Å². The van der Waals surface area contributed by atoms with Crippen molar-refractivity contribution in [2.45, 2.75) is 40.2 Å². The van der Waals surface area contributed by atoms with E-state index in [1.807, 2.05) is 18.2 Å². The topological polar surface area (TPSA) is 30.5 Å². The van der Waals surface area contributed by atoms with Gasteiger partial charge in [0.2, 0.25) is 0 Å². The summed E-state index contributed by atoms with van der Waals surface area (Å²) in [5, 5.41) is 3.43. The molecule has 0 saturated carbocycles. The number of aryl methyl sites for hydroxylation is 3. The fraction of sp³-hybridized carbons (Fsp3) is 0.350. The lowest BCUT2D eigenvalue weighted by Crippen LogP contribution is -2.13. The van der Waals surface area contributed by atoms with Gasteiger partial charge in [-0.05, 0) is 66.9 Å². The predicted octanol–water partition coefficient (Wildman–Crippen LogP) is 5.80. The van der Waals surface area contributed by atoms with Crippen LogP contribution in [0, 0.1) is 6.92 Å². The molecule has 0 aliphatic heterocycles. The summed E-state index contributed by atoms with van der Waals surface area (Å²) in [7, 11) is 1.55. The second-order valence-electron chi connectivity index (χ2n) is 5.76. The molecule has 0 unspecified atom stereocenters. The Hall–Kier alpha value is -1.59. The molecule has 0 aromatic heterocycles. The molecule has 1 N–H and O–H groups in total. The number of thiocarbonyl (C=S) groups is 1. The number of nitrogens with one attached hydrogen (secondary N) is 1. The molecule has 2 aromatic rings. The van der Waals surface area contributed by atoms with Crippen molar-refractivity contribution >= 4 is 39.0 Å². The number of hydrogen-bond acceptors (Lipinski definition) is 3. The average Bonchev–Trinajstić information content (AvgIpc) is 2.61. The van der Waals surface area contributed by atoms with E-state index < -0.39 is 0 Å². The van der Waals surface area contributed by atoms with Gasteiger partial charge in [0.1, 0.15) is 12.4 Å². The number of rotatable bonds is 6. The third-order valence-corrected chi connectivity index (χ3v) is 5.21. The minimum atomic E-state index is 0.330. The number of halogens is 1. The summed E-state index contributed by atoms with van der Waals surface area (Å²) in [6.07, 6.45) is 1.98. The highest BCUT2D eigenvalue weighted by molar-refractivity contribution is 9.10. The maximum absolute atomic E-state index is 6.18. The summed E-state index contributed by atoms with van der Waals surface area (Å²) < 4.78 is 12.2. The van der Waals surface area contributed by atoms with Gasteiger partial charge in [0, 0.05) is 15.7 Å². The predicted molar refractivity (Wildman–Crippen MR) is 112 cm³/mol. The fourth-order valence-corrected chi connectivity index (χ4v) is 3.29. The lowest BCUT2D eigenvalue weighted by molar-refractivity contribution is 0.302. The maximum Gasteiger partial charge on any atom is 0.260 e. The molecule has 5 heteroatoms. The van der Waals surface area contributed by atoms with E-state index in [0.29, 0.717) is 11.8 Å². The zero-order valence-electron chi connectivity index (χ0n) is 15.1. The van der Waals surface area contributed by atoms with Crippen molar-refractivity contribution in [2.75, 3.05) is 12.4 Å². The van der Waals surface area contributed by atoms with Crippen molar-refractivity contribution in [3.63, 3.8) is 0 Å². The van der Waals surface area contributed by atoms with E-state index in [-0.39, 0.29) is 0 Å². The van der Waals surface area contributed by atoms with Gasteiger partial charge in [0.25, 0.3) is 5.17 Å². The summed E-state index contributed by atoms with van der Waals surface area (Å²) in [6.45, 7) is 6.90. The number of anilines is 1. The number of benzene rings is 2. The molecule has 0 heterocycles. The van der Waals surface area contributed by atoms with Crippen LogP contribution >= 0.6 is 28.1 Å². The normalized spacial score (nSPS) is 10.4. The van der Waals surface area contributed by atoms with Gasteiger partial charge in [-0.2, -0.15) is 0 Å². The highest BCUT2D eigenvalue weighted by Crippen LogP contribution is 2.29. The van der Waals surface area contributed by atoms with E-state index >= 15 is 0 Å². The summed E-state index contributed by atoms with van der Waals surface area (Å²) in [6, 6.07) is 10.3. The standard InChI is InChI=1S/C20H24BrNO2S/c1-5-14-11-15(6-2)19(10-13(14)3)24-12-16-17(21)8-7-9-18(16)22-20(25)23-4/h7-11H,5-6,12H2,1-4H3,(H,22,25). The summed E-state index contributed by atoms with van der Waals surface area (Å²) >= 11 is 8.71. The smallest absolute Gasteiger partial charge is 0.260 e. The Labute approximate surface area is 163 Å². The van der Waals surface area contributed by atoms with Crippen LogP contribution in [0.25, 0.3) is 0 Å². The SMILES string of the molecule is CCc1cc(CC)c(OCc2c(Br)cccc2NC(=S)OC)cc1C. The Kier molecular flexibility index (Phi) is 7.26. The molecule has 0 amide bonds. The Balaban J connectivity index is 2.27. The second-order valence-corrected chi connectivity index (χ2v) is 6.99. The third-order valence-electron chi connectivity index (χ3n) is 4.19. The van der Waals surface area contributed by atoms with Gasteiger partial charge in [-0.25, -0.2) is 0 Å². The minimum Gasteiger partial charge on any atom is -0.488 e. The largest absolute Gasteiger partial charge is 0.488 e. The van der Waals surface area contributed by atoms with Crippen molar-refractivity contribution in [3.8, 4) is 5.75 Å². The molecular formula is C20H24BrNO2S. The molecule has 0 bridgehead atoms. The highest BCUT2D eigenvalue weighted by Gasteiger charge is 2.12. The molecular weight excluding hydrogens is 398 g/mol. The minimum absolute atomic E-state index is 0.330. The van der Waals surface area contributed by atoms with Crippen molar-refractivity contribution in [2.24, 2.45) is 0 Å². The van der Waals surface area contributed by atoms with Crippen molar-refractivity contribution in [1.82, 2.24) is 0 Å². The zero-order valence-corrected chi connectivity index (χ0v) is 17.5. The van der Waals surface area contributed by atoms with E-state index in [9.17, 15) is 0 Å². The molecule has 0 fully saturated rings. The van der Waals surface area contributed by atoms with Crippen molar-refractivity contribution in [1.29, 1.82) is 0 Å². The molecule has 2 aromatic carbocycles. The first-order chi connectivity index (χ1) is 12.0. The molecule has 0 saturated heterocycles. The van der Waals surface area contributed by atoms with Gasteiger partial charge in [0.05, 0.1) is 7.11 Å². The van der Waals surface area contributed by atoms with Crippen molar-refractivity contribution in [3.05, 3.63) is 57.1 Å². The molecule has 0 spiro atoms. The molecule has 0 radical (unpaired) electrons. The van der Waals surface area contributed by atoms with Gasteiger partial charge in [-0.15, -0.1) is 0 Å². The number of ether oxygens (including phenoxy) is 2. The molecule has 2 rings (SSSR count). The van der Waals surface area contributed by atoms with Crippen molar-refractivity contribution < 1.29 is 9.47 Å². The molecule has 3 nitrogen and oxygen atoms in total. The van der Waals surface area contributed by atoms with Crippen LogP contribution in [0.5, 0.6) is 5.75 Å². The van der Waals surface area contributed by atoms with Crippen LogP contribution in [0.2, 0.25) is 0 Å². The van der Waals surface area contributed by atoms with Gasteiger partial charge >= 0.3 is 0 Å². The fourth-order valence-electron chi connectivity index (χ4n) is 2.70. The Morgan fingerprint density at radius 1 is 1.16 bits per heavy atom. The van der Waals surface area contributed by atoms with E-state index in [1.165, 1.54) is 16.7 Å². The van der Waals surface area contributed by atoms with E-state index in [2.05, 4.69) is 54.2 Å². The van der Waals surface area contributed by atoms with Crippen LogP contribution in [0.4, 0.5) is 5.69 Å². The van der Waals surface area contributed by atoms with Crippen LogP contribution < -0.4 is 10.1 Å². The Morgan fingerprint density at radius 3 is 2.52 bits per heavy atom. The molecule has 0 aliphatic carbocycles. The van der Waals surface area contributed by atoms with Crippen LogP contribution in [0.15, 0.2) is 34.8 Å². The molecule has 0 aliphatic rings. The summed E-state index contributed by atoms with van der Waals surface area (Å²) in [5.41, 5.74) is 5.75. The van der Waals surface area contributed by atoms with E-state index in [4.69, 9.17) is 21.7 Å². The van der Waals surface area contributed by atoms with Gasteiger partial charge in [-0.3, -0.25) is 0 Å². The Bertz CT molecular complexity index is 762. The lowest BCUT2D eigenvalue weighted by Gasteiger charge is -2.17. The third kappa shape index (κ3) is 4.95. The summed E-state index contributed by atoms with van der Waals surface area (Å²) in [5.74, 6) is 0.938. The molecule has 25 heavy (non-hydrogen) atoms. The first-order valence-corrected chi connectivity index (χ1v) is 9.57. The number of hydrogen-bond donors (Lipinski definition) is 1. The number of methoxy groups -OCH3 is 1. The monoisotopic (exact) mass is 421 g/mol. The first-order valence-electron chi connectivity index (χ1n) is 8.37. The average molecular weight is 422 g/mol. The van der Waals surface area contributed by atoms with E-state index in [0.717, 1.165) is 34.3 Å². The zero-order chi connectivity index (χ0) is 18.4. The van der Waals surface area contributed by atoms with Crippen LogP contribution in [-0.4, -0.2) is 12.3 Å². The molecule has 0 atom stereocenters. The van der Waals surface area contributed by atoms with Crippen LogP contribution in [0.1, 0.15) is 36.1 Å². The van der Waals surface area contributed by atoms with Gasteiger partial charge < -0.3 is 14.8 Å². The molecule has 134 valence electrons. The second kappa shape index (κ2) is 9.20.